The van der Waals surface area contributed by atoms with Gasteiger partial charge in [0, 0.05) is 5.56 Å². The summed E-state index contributed by atoms with van der Waals surface area (Å²) in [5, 5.41) is 0. The van der Waals surface area contributed by atoms with Crippen LogP contribution in [-0.4, -0.2) is 24.7 Å². The maximum Gasteiger partial charge on any atom is 0.414 e. The Morgan fingerprint density at radius 1 is 1.16 bits per heavy atom. The van der Waals surface area contributed by atoms with E-state index in [9.17, 15) is 18.0 Å². The van der Waals surface area contributed by atoms with Crippen molar-refractivity contribution in [1.82, 2.24) is 0 Å². The van der Waals surface area contributed by atoms with E-state index in [1.165, 1.54) is 0 Å². The zero-order valence-electron chi connectivity index (χ0n) is 11.4. The maximum atomic E-state index is 12.3. The molecule has 0 fully saturated rings. The van der Waals surface area contributed by atoms with Gasteiger partial charge in [-0.05, 0) is 50.5 Å². The number of ketones is 1. The second kappa shape index (κ2) is 5.74. The van der Waals surface area contributed by atoms with Gasteiger partial charge in [0.1, 0.15) is 6.61 Å². The van der Waals surface area contributed by atoms with Gasteiger partial charge in [-0.25, -0.2) is 0 Å². The smallest absolute Gasteiger partial charge is 0.361 e. The molecule has 1 unspecified atom stereocenters. The van der Waals surface area contributed by atoms with Crippen molar-refractivity contribution in [3.63, 3.8) is 0 Å². The van der Waals surface area contributed by atoms with E-state index in [1.54, 1.807) is 13.0 Å². The summed E-state index contributed by atoms with van der Waals surface area (Å²) in [6, 6.07) is 3.53. The molecule has 0 spiro atoms. The molecule has 106 valence electrons. The van der Waals surface area contributed by atoms with E-state index in [-0.39, 0.29) is 0 Å². The lowest BCUT2D eigenvalue weighted by atomic mass is 9.98. The highest BCUT2D eigenvalue weighted by molar-refractivity contribution is 5.98. The number of Topliss-reactive ketones (excluding diaryl/α,β-unsaturated/α-hetero) is 1. The van der Waals surface area contributed by atoms with Crippen LogP contribution in [0.1, 0.15) is 34.0 Å². The molecule has 0 aromatic heterocycles. The summed E-state index contributed by atoms with van der Waals surface area (Å²) in [7, 11) is 0. The van der Waals surface area contributed by atoms with Crippen molar-refractivity contribution in [2.75, 3.05) is 6.61 Å². The largest absolute Gasteiger partial charge is 0.414 e. The number of halogens is 3. The molecule has 0 aliphatic carbocycles. The van der Waals surface area contributed by atoms with Crippen molar-refractivity contribution in [2.24, 2.45) is 0 Å². The van der Waals surface area contributed by atoms with Crippen LogP contribution < -0.4 is 0 Å². The zero-order chi connectivity index (χ0) is 14.8. The van der Waals surface area contributed by atoms with Crippen LogP contribution in [0.2, 0.25) is 0 Å². The normalized spacial score (nSPS) is 13.4. The molecule has 0 heterocycles. The van der Waals surface area contributed by atoms with E-state index < -0.39 is 24.7 Å². The number of aryl methyl sites for hydroxylation is 3. The summed E-state index contributed by atoms with van der Waals surface area (Å²) < 4.78 is 41.4. The van der Waals surface area contributed by atoms with Gasteiger partial charge in [-0.1, -0.05) is 6.07 Å². The van der Waals surface area contributed by atoms with Crippen molar-refractivity contribution in [3.05, 3.63) is 34.4 Å². The van der Waals surface area contributed by atoms with Gasteiger partial charge < -0.3 is 4.74 Å². The maximum absolute atomic E-state index is 12.3. The van der Waals surface area contributed by atoms with E-state index in [0.29, 0.717) is 5.56 Å². The van der Waals surface area contributed by atoms with Crippen molar-refractivity contribution in [2.45, 2.75) is 40.0 Å². The van der Waals surface area contributed by atoms with E-state index in [1.807, 2.05) is 19.9 Å². The van der Waals surface area contributed by atoms with Gasteiger partial charge in [0.05, 0.1) is 0 Å². The number of rotatable bonds is 4. The Labute approximate surface area is 110 Å². The molecule has 1 aromatic rings. The number of carbonyl (C=O) groups excluding carboxylic acids is 1. The van der Waals surface area contributed by atoms with Crippen LogP contribution >= 0.6 is 0 Å². The van der Waals surface area contributed by atoms with E-state index >= 15 is 0 Å². The summed E-state index contributed by atoms with van der Waals surface area (Å²) in [4.78, 5) is 11.9. The topological polar surface area (TPSA) is 26.3 Å². The lowest BCUT2D eigenvalue weighted by Gasteiger charge is -2.16. The Bertz CT molecular complexity index is 478. The molecule has 1 aromatic carbocycles. The number of alkyl halides is 3. The van der Waals surface area contributed by atoms with Gasteiger partial charge in [0.15, 0.2) is 11.9 Å². The quantitative estimate of drug-likeness (QED) is 0.781. The Kier molecular flexibility index (Phi) is 4.74. The summed E-state index contributed by atoms with van der Waals surface area (Å²) in [5.41, 5.74) is 3.13. The van der Waals surface area contributed by atoms with Crippen LogP contribution in [0.3, 0.4) is 0 Å². The van der Waals surface area contributed by atoms with E-state index in [4.69, 9.17) is 0 Å². The standard InChI is InChI=1S/C14H17F3O2/c1-8-5-10(3)12(6-9(8)2)13(18)7-19-11(4)14(15,16)17/h5-6,11H,7H2,1-4H3. The van der Waals surface area contributed by atoms with Gasteiger partial charge in [-0.3, -0.25) is 4.79 Å². The van der Waals surface area contributed by atoms with Crippen LogP contribution in [0.15, 0.2) is 12.1 Å². The predicted octanol–water partition coefficient (Wildman–Crippen LogP) is 3.76. The number of hydrogen-bond acceptors (Lipinski definition) is 2. The van der Waals surface area contributed by atoms with Crippen molar-refractivity contribution >= 4 is 5.78 Å². The summed E-state index contributed by atoms with van der Waals surface area (Å²) >= 11 is 0. The number of ether oxygens (including phenoxy) is 1. The highest BCUT2D eigenvalue weighted by Crippen LogP contribution is 2.23. The predicted molar refractivity (Wildman–Crippen MR) is 66.5 cm³/mol. The first-order valence-corrected chi connectivity index (χ1v) is 5.92. The van der Waals surface area contributed by atoms with Gasteiger partial charge in [0.25, 0.3) is 0 Å². The fourth-order valence-corrected chi connectivity index (χ4v) is 1.63. The monoisotopic (exact) mass is 274 g/mol. The lowest BCUT2D eigenvalue weighted by molar-refractivity contribution is -0.210. The highest BCUT2D eigenvalue weighted by atomic mass is 19.4. The molecule has 0 radical (unpaired) electrons. The third kappa shape index (κ3) is 4.06. The van der Waals surface area contributed by atoms with Crippen molar-refractivity contribution in [1.29, 1.82) is 0 Å². The van der Waals surface area contributed by atoms with Crippen LogP contribution in [0, 0.1) is 20.8 Å². The van der Waals surface area contributed by atoms with E-state index in [2.05, 4.69) is 4.74 Å². The first-order chi connectivity index (χ1) is 8.62. The van der Waals surface area contributed by atoms with Gasteiger partial charge in [-0.2, -0.15) is 13.2 Å². The minimum absolute atomic E-state index is 0.414. The second-order valence-corrected chi connectivity index (χ2v) is 4.67. The van der Waals surface area contributed by atoms with Crippen LogP contribution in [0.25, 0.3) is 0 Å². The molecule has 0 saturated carbocycles. The van der Waals surface area contributed by atoms with Gasteiger partial charge in [-0.15, -0.1) is 0 Å². The highest BCUT2D eigenvalue weighted by Gasteiger charge is 2.37. The third-order valence-corrected chi connectivity index (χ3v) is 3.07. The number of hydrogen-bond donors (Lipinski definition) is 0. The van der Waals surface area contributed by atoms with Gasteiger partial charge >= 0.3 is 6.18 Å². The third-order valence-electron chi connectivity index (χ3n) is 3.07. The molecule has 0 amide bonds. The van der Waals surface area contributed by atoms with Crippen LogP contribution in [-0.2, 0) is 4.74 Å². The van der Waals surface area contributed by atoms with E-state index in [0.717, 1.165) is 23.6 Å². The first-order valence-electron chi connectivity index (χ1n) is 5.92. The summed E-state index contributed by atoms with van der Waals surface area (Å²) in [5.74, 6) is -0.434. The molecule has 2 nitrogen and oxygen atoms in total. The molecule has 0 bridgehead atoms. The molecular formula is C14H17F3O2. The molecule has 0 aliphatic heterocycles. The van der Waals surface area contributed by atoms with Crippen molar-refractivity contribution in [3.8, 4) is 0 Å². The fraction of sp³-hybridized carbons (Fsp3) is 0.500. The Morgan fingerprint density at radius 3 is 2.21 bits per heavy atom. The Hall–Kier alpha value is -1.36. The minimum Gasteiger partial charge on any atom is -0.361 e. The lowest BCUT2D eigenvalue weighted by Crippen LogP contribution is -2.30. The molecule has 5 heteroatoms. The minimum atomic E-state index is -4.45. The Morgan fingerprint density at radius 2 is 1.68 bits per heavy atom. The van der Waals surface area contributed by atoms with Crippen molar-refractivity contribution < 1.29 is 22.7 Å². The molecule has 0 saturated heterocycles. The molecule has 0 N–H and O–H groups in total. The second-order valence-electron chi connectivity index (χ2n) is 4.67. The first kappa shape index (κ1) is 15.7. The van der Waals surface area contributed by atoms with Gasteiger partial charge in [0.2, 0.25) is 0 Å². The Balaban J connectivity index is 2.77. The number of carbonyl (C=O) groups is 1. The summed E-state index contributed by atoms with van der Waals surface area (Å²) in [6.07, 6.45) is -6.39. The molecule has 1 atom stereocenters. The SMILES string of the molecule is Cc1cc(C)c(C(=O)COC(C)C(F)(F)F)cc1C. The molecular weight excluding hydrogens is 257 g/mol. The summed E-state index contributed by atoms with van der Waals surface area (Å²) in [6.45, 7) is 5.85. The zero-order valence-corrected chi connectivity index (χ0v) is 11.4. The molecule has 1 rings (SSSR count). The molecule has 19 heavy (non-hydrogen) atoms. The fourth-order valence-electron chi connectivity index (χ4n) is 1.63. The molecule has 0 aliphatic rings. The van der Waals surface area contributed by atoms with Crippen LogP contribution in [0.5, 0.6) is 0 Å². The number of benzene rings is 1. The average Bonchev–Trinajstić information content (AvgIpc) is 2.29. The van der Waals surface area contributed by atoms with Crippen LogP contribution in [0.4, 0.5) is 13.2 Å². The average molecular weight is 274 g/mol.